The summed E-state index contributed by atoms with van der Waals surface area (Å²) in [6.45, 7) is 0.597. The van der Waals surface area contributed by atoms with Crippen LogP contribution in [0.5, 0.6) is 5.75 Å². The fourth-order valence-electron chi connectivity index (χ4n) is 1.42. The van der Waals surface area contributed by atoms with E-state index in [1.54, 1.807) is 40.9 Å². The highest BCUT2D eigenvalue weighted by atomic mass is 32.2. The van der Waals surface area contributed by atoms with Crippen molar-refractivity contribution in [2.75, 3.05) is 18.6 Å². The first-order chi connectivity index (χ1) is 9.83. The van der Waals surface area contributed by atoms with Gasteiger partial charge in [0.05, 0.1) is 12.2 Å². The van der Waals surface area contributed by atoms with Crippen molar-refractivity contribution in [3.63, 3.8) is 0 Å². The third-order valence-corrected chi connectivity index (χ3v) is 5.46. The highest BCUT2D eigenvalue weighted by Crippen LogP contribution is 2.27. The first-order valence-corrected chi connectivity index (χ1v) is 8.98. The minimum atomic E-state index is 0.578. The molecule has 7 heteroatoms. The highest BCUT2D eigenvalue weighted by molar-refractivity contribution is 8.02. The molecule has 2 rings (SSSR count). The quantitative estimate of drug-likeness (QED) is 0.572. The number of hydrogen-bond acceptors (Lipinski definition) is 7. The van der Waals surface area contributed by atoms with Crippen molar-refractivity contribution in [2.24, 2.45) is 0 Å². The normalized spacial score (nSPS) is 10.2. The molecule has 20 heavy (non-hydrogen) atoms. The molecule has 0 bridgehead atoms. The molecule has 0 saturated heterocycles. The van der Waals surface area contributed by atoms with Crippen molar-refractivity contribution in [1.82, 2.24) is 10.2 Å². The monoisotopic (exact) mass is 323 g/mol. The van der Waals surface area contributed by atoms with Crippen LogP contribution in [-0.2, 0) is 0 Å². The predicted octanol–water partition coefficient (Wildman–Crippen LogP) is 3.69. The van der Waals surface area contributed by atoms with Crippen LogP contribution in [0.15, 0.2) is 32.9 Å². The summed E-state index contributed by atoms with van der Waals surface area (Å²) in [6, 6.07) is 9.41. The maximum atomic E-state index is 8.95. The van der Waals surface area contributed by atoms with E-state index in [9.17, 15) is 0 Å². The summed E-state index contributed by atoms with van der Waals surface area (Å²) in [4.78, 5) is 0. The van der Waals surface area contributed by atoms with Gasteiger partial charge in [-0.05, 0) is 24.8 Å². The van der Waals surface area contributed by atoms with Crippen LogP contribution in [0.2, 0.25) is 0 Å². The molecule has 1 aromatic heterocycles. The van der Waals surface area contributed by atoms with Crippen molar-refractivity contribution >= 4 is 34.9 Å². The lowest BCUT2D eigenvalue weighted by Gasteiger charge is -2.06. The van der Waals surface area contributed by atoms with Gasteiger partial charge in [0.1, 0.15) is 11.8 Å². The number of ether oxygens (including phenoxy) is 1. The Hall–Kier alpha value is -1.23. The van der Waals surface area contributed by atoms with E-state index in [1.807, 2.05) is 24.5 Å². The number of thioether (sulfide) groups is 2. The van der Waals surface area contributed by atoms with Crippen LogP contribution in [0.3, 0.4) is 0 Å². The number of rotatable bonds is 7. The molecular formula is C13H13N3OS3. The molecule has 104 valence electrons. The van der Waals surface area contributed by atoms with Crippen LogP contribution < -0.4 is 4.74 Å². The first-order valence-electron chi connectivity index (χ1n) is 5.95. The Morgan fingerprint density at radius 3 is 2.85 bits per heavy atom. The van der Waals surface area contributed by atoms with Crippen molar-refractivity contribution in [3.05, 3.63) is 29.8 Å². The Kier molecular flexibility index (Phi) is 6.18. The van der Waals surface area contributed by atoms with Gasteiger partial charge in [-0.25, -0.2) is 0 Å². The molecule has 0 unspecified atom stereocenters. The van der Waals surface area contributed by atoms with Crippen molar-refractivity contribution in [3.8, 4) is 11.8 Å². The topological polar surface area (TPSA) is 58.8 Å². The molecule has 0 N–H and O–H groups in total. The van der Waals surface area contributed by atoms with E-state index in [-0.39, 0.29) is 0 Å². The number of aromatic nitrogens is 2. The van der Waals surface area contributed by atoms with Crippen molar-refractivity contribution in [2.45, 2.75) is 15.1 Å². The molecule has 0 spiro atoms. The zero-order valence-electron chi connectivity index (χ0n) is 10.9. The predicted molar refractivity (Wildman–Crippen MR) is 83.7 cm³/mol. The van der Waals surface area contributed by atoms with Gasteiger partial charge in [0, 0.05) is 5.75 Å². The smallest absolute Gasteiger partial charge is 0.175 e. The standard InChI is InChI=1S/C13H13N3OS3/c1-18-12-15-16-13(20-12)19-8-4-7-17-11-6-3-2-5-10(11)9-14/h2-3,5-6H,4,7-8H2,1H3. The maximum absolute atomic E-state index is 8.95. The van der Waals surface area contributed by atoms with Gasteiger partial charge in [-0.15, -0.1) is 10.2 Å². The summed E-state index contributed by atoms with van der Waals surface area (Å²) in [5.41, 5.74) is 0.578. The Balaban J connectivity index is 1.70. The summed E-state index contributed by atoms with van der Waals surface area (Å²) in [7, 11) is 0. The van der Waals surface area contributed by atoms with E-state index in [1.165, 1.54) is 0 Å². The van der Waals surface area contributed by atoms with Crippen LogP contribution >= 0.6 is 34.9 Å². The fourth-order valence-corrected chi connectivity index (χ4v) is 3.84. The molecule has 0 fully saturated rings. The Bertz CT molecular complexity index is 595. The van der Waals surface area contributed by atoms with Crippen molar-refractivity contribution < 1.29 is 4.74 Å². The first kappa shape index (κ1) is 15.2. The minimum Gasteiger partial charge on any atom is -0.492 e. The fraction of sp³-hybridized carbons (Fsp3) is 0.308. The van der Waals surface area contributed by atoms with Gasteiger partial charge in [0.15, 0.2) is 8.68 Å². The molecule has 0 aliphatic rings. The van der Waals surface area contributed by atoms with Gasteiger partial charge in [0.25, 0.3) is 0 Å². The van der Waals surface area contributed by atoms with Gasteiger partial charge in [0.2, 0.25) is 0 Å². The van der Waals surface area contributed by atoms with Crippen molar-refractivity contribution in [1.29, 1.82) is 5.26 Å². The number of para-hydroxylation sites is 1. The molecule has 1 aromatic carbocycles. The zero-order chi connectivity index (χ0) is 14.2. The second-order valence-electron chi connectivity index (χ2n) is 3.70. The molecule has 1 heterocycles. The van der Waals surface area contributed by atoms with E-state index in [0.29, 0.717) is 17.9 Å². The second-order valence-corrected chi connectivity index (χ2v) is 7.07. The molecule has 2 aromatic rings. The average Bonchev–Trinajstić information content (AvgIpc) is 2.95. The average molecular weight is 323 g/mol. The van der Waals surface area contributed by atoms with Gasteiger partial charge in [-0.3, -0.25) is 0 Å². The number of hydrogen-bond donors (Lipinski definition) is 0. The number of benzene rings is 1. The van der Waals surface area contributed by atoms with Gasteiger partial charge < -0.3 is 4.74 Å². The molecule has 0 saturated carbocycles. The Morgan fingerprint density at radius 1 is 1.30 bits per heavy atom. The second kappa shape index (κ2) is 8.15. The SMILES string of the molecule is CSc1nnc(SCCCOc2ccccc2C#N)s1. The summed E-state index contributed by atoms with van der Waals surface area (Å²) < 4.78 is 7.60. The zero-order valence-corrected chi connectivity index (χ0v) is 13.4. The number of nitrogens with zero attached hydrogens (tertiary/aromatic N) is 3. The Morgan fingerprint density at radius 2 is 2.10 bits per heavy atom. The third kappa shape index (κ3) is 4.40. The summed E-state index contributed by atoms with van der Waals surface area (Å²) >= 11 is 4.91. The Labute approximate surface area is 130 Å². The summed E-state index contributed by atoms with van der Waals surface area (Å²) in [6.07, 6.45) is 2.90. The van der Waals surface area contributed by atoms with Crippen LogP contribution in [0.1, 0.15) is 12.0 Å². The van der Waals surface area contributed by atoms with Gasteiger partial charge >= 0.3 is 0 Å². The molecule has 0 radical (unpaired) electrons. The summed E-state index contributed by atoms with van der Waals surface area (Å²) in [5, 5.41) is 17.1. The van der Waals surface area contributed by atoms with E-state index in [4.69, 9.17) is 10.00 Å². The molecule has 0 aliphatic heterocycles. The lowest BCUT2D eigenvalue weighted by atomic mass is 10.2. The van der Waals surface area contributed by atoms with Gasteiger partial charge in [-0.1, -0.05) is 47.0 Å². The molecule has 0 aliphatic carbocycles. The highest BCUT2D eigenvalue weighted by Gasteiger charge is 2.04. The van der Waals surface area contributed by atoms with E-state index in [0.717, 1.165) is 20.9 Å². The van der Waals surface area contributed by atoms with Crippen LogP contribution in [0, 0.1) is 11.3 Å². The van der Waals surface area contributed by atoms with Crippen LogP contribution in [-0.4, -0.2) is 28.8 Å². The van der Waals surface area contributed by atoms with E-state index < -0.39 is 0 Å². The van der Waals surface area contributed by atoms with Crippen LogP contribution in [0.4, 0.5) is 0 Å². The van der Waals surface area contributed by atoms with Gasteiger partial charge in [-0.2, -0.15) is 5.26 Å². The van der Waals surface area contributed by atoms with E-state index >= 15 is 0 Å². The lowest BCUT2D eigenvalue weighted by Crippen LogP contribution is -2.00. The molecule has 0 amide bonds. The van der Waals surface area contributed by atoms with Crippen LogP contribution in [0.25, 0.3) is 0 Å². The minimum absolute atomic E-state index is 0.578. The largest absolute Gasteiger partial charge is 0.492 e. The molecule has 0 atom stereocenters. The molecule has 4 nitrogen and oxygen atoms in total. The third-order valence-electron chi connectivity index (χ3n) is 2.34. The summed E-state index contributed by atoms with van der Waals surface area (Å²) in [5.74, 6) is 1.58. The maximum Gasteiger partial charge on any atom is 0.175 e. The number of nitriles is 1. The van der Waals surface area contributed by atoms with E-state index in [2.05, 4.69) is 16.3 Å². The lowest BCUT2D eigenvalue weighted by molar-refractivity contribution is 0.318. The molecular weight excluding hydrogens is 310 g/mol.